The minimum absolute atomic E-state index is 0.0824. The quantitative estimate of drug-likeness (QED) is 0.896. The number of para-hydroxylation sites is 1. The van der Waals surface area contributed by atoms with Gasteiger partial charge in [0.25, 0.3) is 0 Å². The standard InChI is InChI=1S/C20H24N4O3/c1-23-9-10-24-19(21-15-8-6-5-7-14(15)20(24)22-23)13-11-16(25-2)18(27-4)17(12-13)26-3/h5-8,11-12,19,21H,9-10H2,1-4H3. The van der Waals surface area contributed by atoms with Gasteiger partial charge in [-0.15, -0.1) is 0 Å². The van der Waals surface area contributed by atoms with Crippen molar-refractivity contribution in [1.82, 2.24) is 9.91 Å². The second-order valence-corrected chi connectivity index (χ2v) is 6.55. The lowest BCUT2D eigenvalue weighted by molar-refractivity contribution is 0.229. The van der Waals surface area contributed by atoms with Crippen molar-refractivity contribution < 1.29 is 14.2 Å². The fourth-order valence-corrected chi connectivity index (χ4v) is 3.64. The minimum atomic E-state index is -0.0824. The van der Waals surface area contributed by atoms with Crippen molar-refractivity contribution in [3.63, 3.8) is 0 Å². The number of fused-ring (bicyclic) bond motifs is 3. The van der Waals surface area contributed by atoms with Gasteiger partial charge in [0.1, 0.15) is 6.17 Å². The molecule has 7 heteroatoms. The fraction of sp³-hybridized carbons (Fsp3) is 0.350. The highest BCUT2D eigenvalue weighted by molar-refractivity contribution is 6.05. The van der Waals surface area contributed by atoms with Crippen molar-refractivity contribution in [2.45, 2.75) is 6.17 Å². The van der Waals surface area contributed by atoms with Gasteiger partial charge in [-0.05, 0) is 24.3 Å². The van der Waals surface area contributed by atoms with Crippen molar-refractivity contribution in [2.75, 3.05) is 46.8 Å². The highest BCUT2D eigenvalue weighted by Gasteiger charge is 2.34. The Kier molecular flexibility index (Phi) is 4.43. The molecule has 0 spiro atoms. The van der Waals surface area contributed by atoms with Crippen molar-refractivity contribution in [3.05, 3.63) is 47.5 Å². The average molecular weight is 368 g/mol. The number of anilines is 1. The molecular weight excluding hydrogens is 344 g/mol. The molecule has 2 heterocycles. The Morgan fingerprint density at radius 3 is 2.37 bits per heavy atom. The lowest BCUT2D eigenvalue weighted by Gasteiger charge is -2.43. The zero-order valence-corrected chi connectivity index (χ0v) is 16.0. The lowest BCUT2D eigenvalue weighted by atomic mass is 10.0. The Bertz CT molecular complexity index is 858. The number of rotatable bonds is 4. The lowest BCUT2D eigenvalue weighted by Crippen LogP contribution is -2.49. The van der Waals surface area contributed by atoms with Crippen LogP contribution in [0.1, 0.15) is 17.3 Å². The van der Waals surface area contributed by atoms with E-state index in [-0.39, 0.29) is 6.17 Å². The Labute approximate surface area is 159 Å². The van der Waals surface area contributed by atoms with Crippen LogP contribution in [-0.4, -0.2) is 57.2 Å². The third-order valence-corrected chi connectivity index (χ3v) is 4.98. The molecule has 0 saturated heterocycles. The number of amidine groups is 1. The van der Waals surface area contributed by atoms with Crippen LogP contribution in [0.5, 0.6) is 17.2 Å². The predicted octanol–water partition coefficient (Wildman–Crippen LogP) is 2.75. The van der Waals surface area contributed by atoms with E-state index >= 15 is 0 Å². The third kappa shape index (κ3) is 2.89. The molecule has 2 aromatic rings. The van der Waals surface area contributed by atoms with E-state index in [1.54, 1.807) is 21.3 Å². The maximum atomic E-state index is 5.54. The van der Waals surface area contributed by atoms with E-state index in [4.69, 9.17) is 19.3 Å². The average Bonchev–Trinajstić information content (AvgIpc) is 2.71. The van der Waals surface area contributed by atoms with Gasteiger partial charge in [0.2, 0.25) is 5.75 Å². The van der Waals surface area contributed by atoms with Crippen LogP contribution in [0.15, 0.2) is 41.5 Å². The van der Waals surface area contributed by atoms with Crippen LogP contribution < -0.4 is 19.5 Å². The normalized spacial score (nSPS) is 18.1. The van der Waals surface area contributed by atoms with E-state index in [0.717, 1.165) is 35.7 Å². The zero-order chi connectivity index (χ0) is 19.0. The first-order valence-corrected chi connectivity index (χ1v) is 8.88. The number of hydrazone groups is 1. The zero-order valence-electron chi connectivity index (χ0n) is 16.0. The van der Waals surface area contributed by atoms with Gasteiger partial charge >= 0.3 is 0 Å². The number of nitrogens with one attached hydrogen (secondary N) is 1. The van der Waals surface area contributed by atoms with Gasteiger partial charge in [0, 0.05) is 30.4 Å². The monoisotopic (exact) mass is 368 g/mol. The second-order valence-electron chi connectivity index (χ2n) is 6.55. The third-order valence-electron chi connectivity index (χ3n) is 4.98. The molecule has 0 amide bonds. The van der Waals surface area contributed by atoms with Crippen molar-refractivity contribution >= 4 is 11.5 Å². The van der Waals surface area contributed by atoms with E-state index in [2.05, 4.69) is 22.3 Å². The van der Waals surface area contributed by atoms with E-state index in [1.807, 2.05) is 36.3 Å². The van der Waals surface area contributed by atoms with Gasteiger partial charge in [0.15, 0.2) is 17.3 Å². The molecule has 142 valence electrons. The summed E-state index contributed by atoms with van der Waals surface area (Å²) < 4.78 is 16.5. The molecule has 0 fully saturated rings. The molecular formula is C20H24N4O3. The molecule has 1 atom stereocenters. The highest BCUT2D eigenvalue weighted by Crippen LogP contribution is 2.42. The molecule has 2 aliphatic heterocycles. The first-order valence-electron chi connectivity index (χ1n) is 8.88. The van der Waals surface area contributed by atoms with Crippen LogP contribution in [0.2, 0.25) is 0 Å². The first-order chi connectivity index (χ1) is 13.2. The highest BCUT2D eigenvalue weighted by atomic mass is 16.5. The van der Waals surface area contributed by atoms with Crippen LogP contribution >= 0.6 is 0 Å². The van der Waals surface area contributed by atoms with Crippen molar-refractivity contribution in [1.29, 1.82) is 0 Å². The molecule has 2 aromatic carbocycles. The van der Waals surface area contributed by atoms with E-state index in [0.29, 0.717) is 17.2 Å². The molecule has 0 aliphatic carbocycles. The van der Waals surface area contributed by atoms with Gasteiger partial charge in [-0.25, -0.2) is 0 Å². The topological polar surface area (TPSA) is 58.6 Å². The van der Waals surface area contributed by atoms with Crippen molar-refractivity contribution in [2.24, 2.45) is 5.10 Å². The van der Waals surface area contributed by atoms with Crippen LogP contribution in [-0.2, 0) is 0 Å². The summed E-state index contributed by atoms with van der Waals surface area (Å²) in [4.78, 5) is 2.28. The molecule has 0 saturated carbocycles. The van der Waals surface area contributed by atoms with E-state index < -0.39 is 0 Å². The largest absolute Gasteiger partial charge is 0.493 e. The summed E-state index contributed by atoms with van der Waals surface area (Å²) in [5, 5.41) is 10.4. The van der Waals surface area contributed by atoms with Crippen LogP contribution in [0.25, 0.3) is 0 Å². The summed E-state index contributed by atoms with van der Waals surface area (Å²) in [6.07, 6.45) is -0.0824. The van der Waals surface area contributed by atoms with Gasteiger partial charge in [-0.3, -0.25) is 5.01 Å². The number of methoxy groups -OCH3 is 3. The molecule has 1 unspecified atom stereocenters. The molecule has 0 radical (unpaired) electrons. The van der Waals surface area contributed by atoms with Gasteiger partial charge in [-0.1, -0.05) is 12.1 Å². The van der Waals surface area contributed by atoms with Gasteiger partial charge in [0.05, 0.1) is 27.9 Å². The first kappa shape index (κ1) is 17.3. The molecule has 1 N–H and O–H groups in total. The summed E-state index contributed by atoms with van der Waals surface area (Å²) in [6, 6.07) is 12.2. The van der Waals surface area contributed by atoms with E-state index in [1.165, 1.54) is 0 Å². The number of nitrogens with zero attached hydrogens (tertiary/aromatic N) is 3. The number of likely N-dealkylation sites (N-methyl/N-ethyl adjacent to an activating group) is 1. The maximum absolute atomic E-state index is 5.54. The maximum Gasteiger partial charge on any atom is 0.203 e. The predicted molar refractivity (Wildman–Crippen MR) is 105 cm³/mol. The molecule has 4 rings (SSSR count). The Hall–Kier alpha value is -3.09. The van der Waals surface area contributed by atoms with E-state index in [9.17, 15) is 0 Å². The van der Waals surface area contributed by atoms with Crippen LogP contribution in [0.4, 0.5) is 5.69 Å². The molecule has 0 aromatic heterocycles. The smallest absolute Gasteiger partial charge is 0.203 e. The Morgan fingerprint density at radius 1 is 1.00 bits per heavy atom. The summed E-state index contributed by atoms with van der Waals surface area (Å²) in [7, 11) is 6.88. The molecule has 7 nitrogen and oxygen atoms in total. The Balaban J connectivity index is 1.84. The fourth-order valence-electron chi connectivity index (χ4n) is 3.64. The SMILES string of the molecule is COc1cc(C2Nc3ccccc3C3=NN(C)CCN32)cc(OC)c1OC. The molecule has 2 aliphatic rings. The summed E-state index contributed by atoms with van der Waals surface area (Å²) in [6.45, 7) is 1.71. The summed E-state index contributed by atoms with van der Waals surface area (Å²) >= 11 is 0. The summed E-state index contributed by atoms with van der Waals surface area (Å²) in [5.41, 5.74) is 3.19. The van der Waals surface area contributed by atoms with Crippen molar-refractivity contribution in [3.8, 4) is 17.2 Å². The summed E-state index contributed by atoms with van der Waals surface area (Å²) in [5.74, 6) is 2.84. The van der Waals surface area contributed by atoms with Gasteiger partial charge < -0.3 is 24.4 Å². The number of benzene rings is 2. The second kappa shape index (κ2) is 6.90. The van der Waals surface area contributed by atoms with Gasteiger partial charge in [-0.2, -0.15) is 5.10 Å². The molecule has 0 bridgehead atoms. The molecule has 27 heavy (non-hydrogen) atoms. The number of hydrogen-bond acceptors (Lipinski definition) is 7. The van der Waals surface area contributed by atoms with Crippen LogP contribution in [0, 0.1) is 0 Å². The van der Waals surface area contributed by atoms with Crippen LogP contribution in [0.3, 0.4) is 0 Å². The number of hydrogen-bond donors (Lipinski definition) is 1. The minimum Gasteiger partial charge on any atom is -0.493 e. The number of ether oxygens (including phenoxy) is 3. The Morgan fingerprint density at radius 2 is 1.70 bits per heavy atom.